The molecule has 0 saturated carbocycles. The maximum absolute atomic E-state index is 12.7. The Kier molecular flexibility index (Phi) is 6.61. The van der Waals surface area contributed by atoms with E-state index in [-0.39, 0.29) is 11.7 Å². The Labute approximate surface area is 141 Å². The van der Waals surface area contributed by atoms with Gasteiger partial charge in [0.2, 0.25) is 5.91 Å². The number of carbonyl (C=O) groups excluding carboxylic acids is 1. The van der Waals surface area contributed by atoms with Gasteiger partial charge in [0.1, 0.15) is 5.82 Å². The number of hydrogen-bond donors (Lipinski definition) is 1. The number of hydrogen-bond acceptors (Lipinski definition) is 3. The second-order valence-corrected chi connectivity index (χ2v) is 6.27. The third kappa shape index (κ3) is 5.61. The molecule has 0 heterocycles. The lowest BCUT2D eigenvalue weighted by Gasteiger charge is -2.03. The topological polar surface area (TPSA) is 41.5 Å². The molecule has 0 unspecified atom stereocenters. The van der Waals surface area contributed by atoms with Crippen molar-refractivity contribution in [2.45, 2.75) is 5.75 Å². The number of nitrogens with one attached hydrogen (secondary N) is 1. The molecular weight excluding hydrogens is 367 g/mol. The van der Waals surface area contributed by atoms with Crippen LogP contribution < -0.4 is 5.43 Å². The monoisotopic (exact) mass is 380 g/mol. The molecule has 0 fully saturated rings. The Bertz CT molecular complexity index is 661. The Morgan fingerprint density at radius 3 is 2.68 bits per heavy atom. The van der Waals surface area contributed by atoms with Crippen LogP contribution in [0.3, 0.4) is 0 Å². The van der Waals surface area contributed by atoms with Crippen LogP contribution >= 0.6 is 27.7 Å². The van der Waals surface area contributed by atoms with Crippen molar-refractivity contribution in [2.75, 3.05) is 5.75 Å². The number of halogens is 2. The molecule has 6 heteroatoms. The third-order valence-corrected chi connectivity index (χ3v) is 4.48. The molecule has 0 aliphatic heterocycles. The van der Waals surface area contributed by atoms with Crippen LogP contribution in [0.25, 0.3) is 0 Å². The van der Waals surface area contributed by atoms with E-state index in [4.69, 9.17) is 0 Å². The minimum atomic E-state index is -0.301. The molecule has 0 bridgehead atoms. The number of rotatable bonds is 6. The van der Waals surface area contributed by atoms with Gasteiger partial charge in [0.05, 0.1) is 12.0 Å². The van der Waals surface area contributed by atoms with Gasteiger partial charge >= 0.3 is 0 Å². The predicted octanol–water partition coefficient (Wildman–Crippen LogP) is 3.97. The van der Waals surface area contributed by atoms with Gasteiger partial charge in [0, 0.05) is 10.2 Å². The molecule has 2 rings (SSSR count). The molecule has 0 radical (unpaired) electrons. The summed E-state index contributed by atoms with van der Waals surface area (Å²) in [7, 11) is 0. The van der Waals surface area contributed by atoms with Gasteiger partial charge in [-0.25, -0.2) is 9.82 Å². The number of benzene rings is 2. The number of hydrazone groups is 1. The third-order valence-electron chi connectivity index (χ3n) is 2.72. The Balaban J connectivity index is 1.72. The minimum Gasteiger partial charge on any atom is -0.272 e. The fourth-order valence-corrected chi connectivity index (χ4v) is 3.06. The molecule has 0 aliphatic carbocycles. The fraction of sp³-hybridized carbons (Fsp3) is 0.125. The second-order valence-electron chi connectivity index (χ2n) is 4.43. The zero-order chi connectivity index (χ0) is 15.8. The first-order valence-corrected chi connectivity index (χ1v) is 8.48. The van der Waals surface area contributed by atoms with E-state index in [1.165, 1.54) is 30.1 Å². The molecule has 1 amide bonds. The van der Waals surface area contributed by atoms with E-state index in [2.05, 4.69) is 26.5 Å². The van der Waals surface area contributed by atoms with Gasteiger partial charge in [-0.15, -0.1) is 11.8 Å². The highest BCUT2D eigenvalue weighted by Crippen LogP contribution is 2.20. The van der Waals surface area contributed by atoms with Crippen molar-refractivity contribution in [3.05, 3.63) is 69.9 Å². The van der Waals surface area contributed by atoms with Gasteiger partial charge in [-0.1, -0.05) is 46.3 Å². The maximum atomic E-state index is 12.7. The van der Waals surface area contributed by atoms with Gasteiger partial charge in [0.25, 0.3) is 0 Å². The molecule has 0 aliphatic rings. The number of thioether (sulfide) groups is 1. The molecule has 0 atom stereocenters. The summed E-state index contributed by atoms with van der Waals surface area (Å²) in [6.07, 6.45) is 1.48. The van der Waals surface area contributed by atoms with Crippen LogP contribution in [-0.2, 0) is 10.5 Å². The first kappa shape index (κ1) is 16.7. The molecule has 2 aromatic carbocycles. The van der Waals surface area contributed by atoms with Crippen LogP contribution in [0.2, 0.25) is 0 Å². The van der Waals surface area contributed by atoms with Crippen molar-refractivity contribution >= 4 is 39.8 Å². The summed E-state index contributed by atoms with van der Waals surface area (Å²) in [4.78, 5) is 11.6. The van der Waals surface area contributed by atoms with E-state index in [9.17, 15) is 9.18 Å². The van der Waals surface area contributed by atoms with Gasteiger partial charge in [-0.2, -0.15) is 5.10 Å². The van der Waals surface area contributed by atoms with E-state index in [1.54, 1.807) is 12.1 Å². The van der Waals surface area contributed by atoms with Crippen LogP contribution in [0.1, 0.15) is 11.1 Å². The summed E-state index contributed by atoms with van der Waals surface area (Å²) in [5.74, 6) is 0.596. The van der Waals surface area contributed by atoms with Crippen molar-refractivity contribution in [1.29, 1.82) is 0 Å². The van der Waals surface area contributed by atoms with Crippen LogP contribution in [-0.4, -0.2) is 17.9 Å². The maximum Gasteiger partial charge on any atom is 0.250 e. The van der Waals surface area contributed by atoms with Crippen LogP contribution in [0.5, 0.6) is 0 Å². The molecule has 0 saturated heterocycles. The number of nitrogens with zero attached hydrogens (tertiary/aromatic N) is 1. The first-order chi connectivity index (χ1) is 10.6. The number of carbonyl (C=O) groups is 1. The van der Waals surface area contributed by atoms with Crippen molar-refractivity contribution in [2.24, 2.45) is 5.10 Å². The van der Waals surface area contributed by atoms with Crippen molar-refractivity contribution < 1.29 is 9.18 Å². The van der Waals surface area contributed by atoms with Gasteiger partial charge in [-0.3, -0.25) is 4.79 Å². The smallest absolute Gasteiger partial charge is 0.250 e. The first-order valence-electron chi connectivity index (χ1n) is 6.54. The van der Waals surface area contributed by atoms with Crippen molar-refractivity contribution in [3.63, 3.8) is 0 Å². The Morgan fingerprint density at radius 1 is 1.23 bits per heavy atom. The summed E-state index contributed by atoms with van der Waals surface area (Å²) >= 11 is 4.98. The Hall–Kier alpha value is -1.66. The van der Waals surface area contributed by atoms with E-state index < -0.39 is 0 Å². The molecule has 114 valence electrons. The van der Waals surface area contributed by atoms with E-state index >= 15 is 0 Å². The summed E-state index contributed by atoms with van der Waals surface area (Å²) in [6, 6.07) is 13.8. The average Bonchev–Trinajstić information content (AvgIpc) is 2.51. The standard InChI is InChI=1S/C16H14BrFN2OS/c17-15-4-2-1-3-13(15)10-22-11-16(21)20-19-9-12-5-7-14(18)8-6-12/h1-9H,10-11H2,(H,20,21)/b19-9+. The van der Waals surface area contributed by atoms with E-state index in [0.717, 1.165) is 21.4 Å². The molecular formula is C16H14BrFN2OS. The van der Waals surface area contributed by atoms with Crippen LogP contribution in [0.4, 0.5) is 4.39 Å². The summed E-state index contributed by atoms with van der Waals surface area (Å²) in [6.45, 7) is 0. The average molecular weight is 381 g/mol. The molecule has 0 aromatic heterocycles. The van der Waals surface area contributed by atoms with Gasteiger partial charge in [-0.05, 0) is 29.3 Å². The zero-order valence-electron chi connectivity index (χ0n) is 11.6. The normalized spacial score (nSPS) is 10.8. The molecule has 22 heavy (non-hydrogen) atoms. The minimum absolute atomic E-state index is 0.171. The zero-order valence-corrected chi connectivity index (χ0v) is 14.0. The molecule has 0 spiro atoms. The largest absolute Gasteiger partial charge is 0.272 e. The van der Waals surface area contributed by atoms with Gasteiger partial charge < -0.3 is 0 Å². The lowest BCUT2D eigenvalue weighted by Crippen LogP contribution is -2.19. The highest BCUT2D eigenvalue weighted by Gasteiger charge is 2.02. The van der Waals surface area contributed by atoms with Crippen molar-refractivity contribution in [1.82, 2.24) is 5.43 Å². The van der Waals surface area contributed by atoms with Crippen molar-refractivity contribution in [3.8, 4) is 0 Å². The highest BCUT2D eigenvalue weighted by molar-refractivity contribution is 9.10. The summed E-state index contributed by atoms with van der Waals surface area (Å²) < 4.78 is 13.8. The summed E-state index contributed by atoms with van der Waals surface area (Å²) in [5.41, 5.74) is 4.32. The summed E-state index contributed by atoms with van der Waals surface area (Å²) in [5, 5.41) is 3.84. The molecule has 1 N–H and O–H groups in total. The lowest BCUT2D eigenvalue weighted by atomic mass is 10.2. The highest BCUT2D eigenvalue weighted by atomic mass is 79.9. The van der Waals surface area contributed by atoms with Crippen LogP contribution in [0, 0.1) is 5.82 Å². The molecule has 2 aromatic rings. The van der Waals surface area contributed by atoms with Crippen LogP contribution in [0.15, 0.2) is 58.1 Å². The Morgan fingerprint density at radius 2 is 1.95 bits per heavy atom. The number of amides is 1. The predicted molar refractivity (Wildman–Crippen MR) is 92.4 cm³/mol. The fourth-order valence-electron chi connectivity index (χ4n) is 1.63. The second kappa shape index (κ2) is 8.70. The van der Waals surface area contributed by atoms with E-state index in [1.807, 2.05) is 24.3 Å². The van der Waals surface area contributed by atoms with E-state index in [0.29, 0.717) is 5.75 Å². The quantitative estimate of drug-likeness (QED) is 0.608. The SMILES string of the molecule is O=C(CSCc1ccccc1Br)N/N=C/c1ccc(F)cc1. The molecule has 3 nitrogen and oxygen atoms in total. The lowest BCUT2D eigenvalue weighted by molar-refractivity contribution is -0.118. The van der Waals surface area contributed by atoms with Gasteiger partial charge in [0.15, 0.2) is 0 Å².